The number of benzene rings is 2. The van der Waals surface area contributed by atoms with Gasteiger partial charge >= 0.3 is 0 Å². The van der Waals surface area contributed by atoms with Crippen molar-refractivity contribution in [3.05, 3.63) is 71.8 Å². The standard InChI is InChI=1S/C22H26O5/c1-22(2)26-14-19(27-22)17(23)13-18(24)20(15-9-5-3-6-10-15)21(25)16-11-7-4-8-12-16/h3-12,17,19-21,23,25H,13-14H2,1-2H3/t17-,19+,20+,21-/m0/s1. The van der Waals surface area contributed by atoms with E-state index < -0.39 is 30.0 Å². The van der Waals surface area contributed by atoms with E-state index in [4.69, 9.17) is 9.47 Å². The molecule has 0 spiro atoms. The maximum Gasteiger partial charge on any atom is 0.163 e. The van der Waals surface area contributed by atoms with Gasteiger partial charge in [0.25, 0.3) is 0 Å². The molecule has 0 amide bonds. The van der Waals surface area contributed by atoms with Crippen molar-refractivity contribution < 1.29 is 24.5 Å². The van der Waals surface area contributed by atoms with E-state index >= 15 is 0 Å². The number of carbonyl (C=O) groups is 1. The second-order valence-corrected chi connectivity index (χ2v) is 7.35. The Morgan fingerprint density at radius 3 is 2.11 bits per heavy atom. The zero-order valence-electron chi connectivity index (χ0n) is 15.6. The van der Waals surface area contributed by atoms with Crippen molar-refractivity contribution in [2.45, 2.75) is 50.3 Å². The van der Waals surface area contributed by atoms with Gasteiger partial charge < -0.3 is 19.7 Å². The molecule has 2 aromatic carbocycles. The fourth-order valence-electron chi connectivity index (χ4n) is 3.42. The van der Waals surface area contributed by atoms with E-state index in [0.717, 1.165) is 5.56 Å². The molecular formula is C22H26O5. The third kappa shape index (κ3) is 4.82. The van der Waals surface area contributed by atoms with Gasteiger partial charge in [-0.3, -0.25) is 4.79 Å². The minimum Gasteiger partial charge on any atom is -0.390 e. The van der Waals surface area contributed by atoms with Crippen LogP contribution >= 0.6 is 0 Å². The molecule has 0 saturated carbocycles. The molecule has 0 unspecified atom stereocenters. The molecule has 2 aromatic rings. The summed E-state index contributed by atoms with van der Waals surface area (Å²) >= 11 is 0. The van der Waals surface area contributed by atoms with E-state index in [1.165, 1.54) is 0 Å². The van der Waals surface area contributed by atoms with E-state index in [0.29, 0.717) is 5.56 Å². The Kier molecular flexibility index (Phi) is 6.07. The molecule has 3 rings (SSSR count). The maximum atomic E-state index is 13.1. The summed E-state index contributed by atoms with van der Waals surface area (Å²) in [6.45, 7) is 3.78. The second kappa shape index (κ2) is 8.31. The van der Waals surface area contributed by atoms with Gasteiger partial charge in [-0.15, -0.1) is 0 Å². The van der Waals surface area contributed by atoms with Crippen LogP contribution in [0.2, 0.25) is 0 Å². The van der Waals surface area contributed by atoms with Gasteiger partial charge in [0, 0.05) is 6.42 Å². The molecule has 27 heavy (non-hydrogen) atoms. The highest BCUT2D eigenvalue weighted by molar-refractivity contribution is 5.87. The first-order valence-corrected chi connectivity index (χ1v) is 9.18. The lowest BCUT2D eigenvalue weighted by Gasteiger charge is -2.25. The smallest absolute Gasteiger partial charge is 0.163 e. The number of hydrogen-bond donors (Lipinski definition) is 2. The van der Waals surface area contributed by atoms with Gasteiger partial charge in [0.15, 0.2) is 5.79 Å². The molecule has 4 atom stereocenters. The lowest BCUT2D eigenvalue weighted by molar-refractivity contribution is -0.154. The average molecular weight is 370 g/mol. The Morgan fingerprint density at radius 2 is 1.59 bits per heavy atom. The zero-order chi connectivity index (χ0) is 19.4. The molecule has 1 aliphatic heterocycles. The summed E-state index contributed by atoms with van der Waals surface area (Å²) in [5.74, 6) is -1.77. The van der Waals surface area contributed by atoms with Crippen LogP contribution in [-0.4, -0.2) is 40.6 Å². The average Bonchev–Trinajstić information content (AvgIpc) is 3.03. The predicted molar refractivity (Wildman–Crippen MR) is 101 cm³/mol. The fourth-order valence-corrected chi connectivity index (χ4v) is 3.42. The lowest BCUT2D eigenvalue weighted by atomic mass is 9.83. The third-order valence-corrected chi connectivity index (χ3v) is 4.83. The number of carbonyl (C=O) groups excluding carboxylic acids is 1. The number of ether oxygens (including phenoxy) is 2. The number of ketones is 1. The summed E-state index contributed by atoms with van der Waals surface area (Å²) in [6, 6.07) is 18.3. The number of hydrogen-bond acceptors (Lipinski definition) is 5. The van der Waals surface area contributed by atoms with Crippen molar-refractivity contribution in [1.82, 2.24) is 0 Å². The van der Waals surface area contributed by atoms with Gasteiger partial charge in [-0.05, 0) is 25.0 Å². The van der Waals surface area contributed by atoms with Crippen molar-refractivity contribution >= 4 is 5.78 Å². The molecule has 1 saturated heterocycles. The van der Waals surface area contributed by atoms with Crippen LogP contribution in [0.4, 0.5) is 0 Å². The zero-order valence-corrected chi connectivity index (χ0v) is 15.6. The SMILES string of the molecule is CC1(C)OC[C@H]([C@@H](O)CC(=O)[C@@H](c2ccccc2)[C@@H](O)c2ccccc2)O1. The molecule has 1 aliphatic rings. The molecule has 0 aromatic heterocycles. The van der Waals surface area contributed by atoms with E-state index in [1.807, 2.05) is 48.5 Å². The van der Waals surface area contributed by atoms with E-state index in [-0.39, 0.29) is 18.8 Å². The summed E-state index contributed by atoms with van der Waals surface area (Å²) in [5.41, 5.74) is 1.38. The van der Waals surface area contributed by atoms with Crippen LogP contribution in [0.5, 0.6) is 0 Å². The third-order valence-electron chi connectivity index (χ3n) is 4.83. The first kappa shape index (κ1) is 19.7. The second-order valence-electron chi connectivity index (χ2n) is 7.35. The monoisotopic (exact) mass is 370 g/mol. The van der Waals surface area contributed by atoms with Crippen LogP contribution in [0.3, 0.4) is 0 Å². The van der Waals surface area contributed by atoms with Crippen molar-refractivity contribution in [2.24, 2.45) is 0 Å². The molecule has 1 heterocycles. The fraction of sp³-hybridized carbons (Fsp3) is 0.409. The molecular weight excluding hydrogens is 344 g/mol. The van der Waals surface area contributed by atoms with Crippen LogP contribution in [0.25, 0.3) is 0 Å². The van der Waals surface area contributed by atoms with Gasteiger partial charge in [0.1, 0.15) is 11.9 Å². The highest BCUT2D eigenvalue weighted by Crippen LogP contribution is 2.34. The van der Waals surface area contributed by atoms with Crippen molar-refractivity contribution in [2.75, 3.05) is 6.61 Å². The predicted octanol–water partition coefficient (Wildman–Crippen LogP) is 2.98. The van der Waals surface area contributed by atoms with Gasteiger partial charge in [-0.25, -0.2) is 0 Å². The Labute approximate surface area is 159 Å². The van der Waals surface area contributed by atoms with Gasteiger partial charge in [0.2, 0.25) is 0 Å². The first-order valence-electron chi connectivity index (χ1n) is 9.18. The highest BCUT2D eigenvalue weighted by atomic mass is 16.7. The Balaban J connectivity index is 1.79. The molecule has 144 valence electrons. The maximum absolute atomic E-state index is 13.1. The largest absolute Gasteiger partial charge is 0.390 e. The molecule has 0 aliphatic carbocycles. The van der Waals surface area contributed by atoms with Crippen LogP contribution in [0.1, 0.15) is 43.4 Å². The molecule has 2 N–H and O–H groups in total. The Bertz CT molecular complexity index is 744. The number of rotatable bonds is 7. The van der Waals surface area contributed by atoms with Gasteiger partial charge in [-0.1, -0.05) is 60.7 Å². The summed E-state index contributed by atoms with van der Waals surface area (Å²) in [4.78, 5) is 13.1. The number of Topliss-reactive ketones (excluding diaryl/α,β-unsaturated/α-hetero) is 1. The van der Waals surface area contributed by atoms with Crippen LogP contribution in [0.15, 0.2) is 60.7 Å². The van der Waals surface area contributed by atoms with Gasteiger partial charge in [-0.2, -0.15) is 0 Å². The van der Waals surface area contributed by atoms with E-state index in [1.54, 1.807) is 26.0 Å². The summed E-state index contributed by atoms with van der Waals surface area (Å²) in [6.07, 6.45) is -2.67. The van der Waals surface area contributed by atoms with Crippen LogP contribution < -0.4 is 0 Å². The molecule has 1 fully saturated rings. The summed E-state index contributed by atoms with van der Waals surface area (Å²) in [7, 11) is 0. The van der Waals surface area contributed by atoms with Gasteiger partial charge in [0.05, 0.1) is 24.7 Å². The quantitative estimate of drug-likeness (QED) is 0.784. The molecule has 5 heteroatoms. The Hall–Kier alpha value is -2.05. The number of aliphatic hydroxyl groups excluding tert-OH is 2. The van der Waals surface area contributed by atoms with Crippen molar-refractivity contribution in [3.8, 4) is 0 Å². The lowest BCUT2D eigenvalue weighted by Crippen LogP contribution is -2.34. The minimum absolute atomic E-state index is 0.117. The van der Waals surface area contributed by atoms with Crippen LogP contribution in [0, 0.1) is 0 Å². The summed E-state index contributed by atoms with van der Waals surface area (Å²) in [5, 5.41) is 21.4. The number of aliphatic hydroxyl groups is 2. The normalized spacial score (nSPS) is 22.1. The summed E-state index contributed by atoms with van der Waals surface area (Å²) < 4.78 is 11.1. The molecule has 0 bridgehead atoms. The molecule has 5 nitrogen and oxygen atoms in total. The minimum atomic E-state index is -0.995. The molecule has 0 radical (unpaired) electrons. The topological polar surface area (TPSA) is 76.0 Å². The van der Waals surface area contributed by atoms with E-state index in [2.05, 4.69) is 0 Å². The van der Waals surface area contributed by atoms with Crippen molar-refractivity contribution in [3.63, 3.8) is 0 Å². The van der Waals surface area contributed by atoms with Crippen molar-refractivity contribution in [1.29, 1.82) is 0 Å². The Morgan fingerprint density at radius 1 is 1.04 bits per heavy atom. The highest BCUT2D eigenvalue weighted by Gasteiger charge is 2.39. The van der Waals surface area contributed by atoms with E-state index in [9.17, 15) is 15.0 Å². The first-order chi connectivity index (χ1) is 12.9. The van der Waals surface area contributed by atoms with Crippen LogP contribution in [-0.2, 0) is 14.3 Å².